The molecular weight excluding hydrogens is 224 g/mol. The summed E-state index contributed by atoms with van der Waals surface area (Å²) in [5.41, 5.74) is 2.35. The summed E-state index contributed by atoms with van der Waals surface area (Å²) in [5.74, 6) is 0.290. The van der Waals surface area contributed by atoms with Gasteiger partial charge in [0.1, 0.15) is 0 Å². The first-order chi connectivity index (χ1) is 8.74. The Bertz CT molecular complexity index is 417. The van der Waals surface area contributed by atoms with E-state index in [1.165, 1.54) is 5.56 Å². The summed E-state index contributed by atoms with van der Waals surface area (Å²) in [6, 6.07) is 8.24. The highest BCUT2D eigenvalue weighted by Gasteiger charge is 2.24. The van der Waals surface area contributed by atoms with Gasteiger partial charge in [-0.1, -0.05) is 32.0 Å². The first-order valence-corrected chi connectivity index (χ1v) is 6.84. The van der Waals surface area contributed by atoms with Crippen molar-refractivity contribution in [1.82, 2.24) is 5.32 Å². The number of aryl methyl sites for hydroxylation is 1. The maximum atomic E-state index is 12.5. The quantitative estimate of drug-likeness (QED) is 0.867. The lowest BCUT2D eigenvalue weighted by Crippen LogP contribution is -2.43. The van der Waals surface area contributed by atoms with Gasteiger partial charge in [0.05, 0.1) is 0 Å². The summed E-state index contributed by atoms with van der Waals surface area (Å²) >= 11 is 0. The van der Waals surface area contributed by atoms with Crippen LogP contribution in [0.4, 0.5) is 5.69 Å². The predicted octanol–water partition coefficient (Wildman–Crippen LogP) is 2.21. The van der Waals surface area contributed by atoms with Crippen LogP contribution >= 0.6 is 0 Å². The van der Waals surface area contributed by atoms with Gasteiger partial charge in [-0.15, -0.1) is 0 Å². The average Bonchev–Trinajstić information content (AvgIpc) is 2.40. The molecule has 0 radical (unpaired) electrons. The van der Waals surface area contributed by atoms with E-state index in [9.17, 15) is 4.79 Å². The second-order valence-corrected chi connectivity index (χ2v) is 4.93. The number of anilines is 1. The van der Waals surface area contributed by atoms with Gasteiger partial charge < -0.3 is 10.2 Å². The van der Waals surface area contributed by atoms with Crippen LogP contribution < -0.4 is 10.2 Å². The molecule has 18 heavy (non-hydrogen) atoms. The first kappa shape index (κ1) is 13.1. The largest absolute Gasteiger partial charge is 0.316 e. The van der Waals surface area contributed by atoms with Crippen molar-refractivity contribution in [3.8, 4) is 0 Å². The van der Waals surface area contributed by atoms with E-state index >= 15 is 0 Å². The minimum atomic E-state index is 0.0511. The normalized spacial score (nSPS) is 21.6. The highest BCUT2D eigenvalue weighted by molar-refractivity contribution is 5.95. The fourth-order valence-corrected chi connectivity index (χ4v) is 2.46. The summed E-state index contributed by atoms with van der Waals surface area (Å²) in [4.78, 5) is 14.4. The zero-order valence-electron chi connectivity index (χ0n) is 11.3. The molecule has 1 fully saturated rings. The third kappa shape index (κ3) is 2.72. The Morgan fingerprint density at radius 2 is 2.17 bits per heavy atom. The van der Waals surface area contributed by atoms with E-state index in [-0.39, 0.29) is 11.8 Å². The zero-order chi connectivity index (χ0) is 13.0. The fraction of sp³-hybridized carbons (Fsp3) is 0.533. The molecule has 0 saturated carbocycles. The molecule has 1 aliphatic rings. The van der Waals surface area contributed by atoms with E-state index < -0.39 is 0 Å². The third-order valence-corrected chi connectivity index (χ3v) is 3.54. The smallest absolute Gasteiger partial charge is 0.231 e. The summed E-state index contributed by atoms with van der Waals surface area (Å²) in [6.07, 6.45) is 1.98. The number of carbonyl (C=O) groups is 1. The van der Waals surface area contributed by atoms with Crippen LogP contribution in [0.5, 0.6) is 0 Å². The van der Waals surface area contributed by atoms with Crippen LogP contribution in [0.25, 0.3) is 0 Å². The van der Waals surface area contributed by atoms with Crippen molar-refractivity contribution in [2.75, 3.05) is 24.5 Å². The molecule has 0 spiro atoms. The first-order valence-electron chi connectivity index (χ1n) is 6.84. The van der Waals surface area contributed by atoms with Gasteiger partial charge in [-0.25, -0.2) is 0 Å². The lowest BCUT2D eigenvalue weighted by atomic mass is 10.0. The molecule has 1 N–H and O–H groups in total. The Hall–Kier alpha value is -1.35. The number of hydrogen-bond donors (Lipinski definition) is 1. The number of rotatable bonds is 2. The molecule has 0 bridgehead atoms. The molecule has 0 aliphatic carbocycles. The molecule has 1 amide bonds. The Morgan fingerprint density at radius 3 is 2.94 bits per heavy atom. The van der Waals surface area contributed by atoms with Crippen molar-refractivity contribution >= 4 is 11.6 Å². The van der Waals surface area contributed by atoms with Crippen molar-refractivity contribution in [3.63, 3.8) is 0 Å². The SMILES string of the molecule is CCc1ccccc1N1CCCNCC(C)C1=O. The van der Waals surface area contributed by atoms with E-state index in [4.69, 9.17) is 0 Å². The molecule has 2 rings (SSSR count). The van der Waals surface area contributed by atoms with Crippen LogP contribution in [0.1, 0.15) is 25.8 Å². The van der Waals surface area contributed by atoms with Crippen LogP contribution in [0.15, 0.2) is 24.3 Å². The minimum absolute atomic E-state index is 0.0511. The lowest BCUT2D eigenvalue weighted by Gasteiger charge is -2.30. The summed E-state index contributed by atoms with van der Waals surface area (Å²) < 4.78 is 0. The molecule has 1 unspecified atom stereocenters. The number of benzene rings is 1. The summed E-state index contributed by atoms with van der Waals surface area (Å²) in [6.45, 7) is 6.72. The number of nitrogens with zero attached hydrogens (tertiary/aromatic N) is 1. The van der Waals surface area contributed by atoms with Gasteiger partial charge in [-0.05, 0) is 31.0 Å². The van der Waals surface area contributed by atoms with E-state index in [2.05, 4.69) is 24.4 Å². The van der Waals surface area contributed by atoms with Crippen LogP contribution in [-0.4, -0.2) is 25.5 Å². The number of nitrogens with one attached hydrogen (secondary N) is 1. The molecule has 3 heteroatoms. The number of hydrogen-bond acceptors (Lipinski definition) is 2. The van der Waals surface area contributed by atoms with Crippen molar-refractivity contribution in [3.05, 3.63) is 29.8 Å². The van der Waals surface area contributed by atoms with Gasteiger partial charge in [0.25, 0.3) is 0 Å². The Morgan fingerprint density at radius 1 is 1.39 bits per heavy atom. The Labute approximate surface area is 109 Å². The van der Waals surface area contributed by atoms with E-state index in [0.717, 1.165) is 38.2 Å². The van der Waals surface area contributed by atoms with Crippen LogP contribution in [0.2, 0.25) is 0 Å². The highest BCUT2D eigenvalue weighted by atomic mass is 16.2. The highest BCUT2D eigenvalue weighted by Crippen LogP contribution is 2.23. The lowest BCUT2D eigenvalue weighted by molar-refractivity contribution is -0.122. The maximum Gasteiger partial charge on any atom is 0.231 e. The predicted molar refractivity (Wildman–Crippen MR) is 74.8 cm³/mol. The van der Waals surface area contributed by atoms with E-state index in [1.54, 1.807) is 0 Å². The number of amides is 1. The van der Waals surface area contributed by atoms with E-state index in [1.807, 2.05) is 24.0 Å². The van der Waals surface area contributed by atoms with Gasteiger partial charge >= 0.3 is 0 Å². The van der Waals surface area contributed by atoms with Crippen molar-refractivity contribution in [1.29, 1.82) is 0 Å². The molecular formula is C15H22N2O. The molecule has 1 atom stereocenters. The average molecular weight is 246 g/mol. The summed E-state index contributed by atoms with van der Waals surface area (Å²) in [5, 5.41) is 3.32. The topological polar surface area (TPSA) is 32.3 Å². The van der Waals surface area contributed by atoms with Crippen LogP contribution in [0, 0.1) is 5.92 Å². The number of para-hydroxylation sites is 1. The molecule has 0 aromatic heterocycles. The van der Waals surface area contributed by atoms with Gasteiger partial charge in [-0.2, -0.15) is 0 Å². The van der Waals surface area contributed by atoms with Crippen molar-refractivity contribution < 1.29 is 4.79 Å². The fourth-order valence-electron chi connectivity index (χ4n) is 2.46. The van der Waals surface area contributed by atoms with Crippen molar-refractivity contribution in [2.45, 2.75) is 26.7 Å². The monoisotopic (exact) mass is 246 g/mol. The molecule has 98 valence electrons. The van der Waals surface area contributed by atoms with Gasteiger partial charge in [0, 0.05) is 24.7 Å². The molecule has 1 aliphatic heterocycles. The second-order valence-electron chi connectivity index (χ2n) is 4.93. The standard InChI is InChI=1S/C15H22N2O/c1-3-13-7-4-5-8-14(13)17-10-6-9-16-11-12(2)15(17)18/h4-5,7-8,12,16H,3,6,9-11H2,1-2H3. The van der Waals surface area contributed by atoms with Crippen molar-refractivity contribution in [2.24, 2.45) is 5.92 Å². The van der Waals surface area contributed by atoms with Crippen LogP contribution in [0.3, 0.4) is 0 Å². The minimum Gasteiger partial charge on any atom is -0.316 e. The second kappa shape index (κ2) is 6.01. The van der Waals surface area contributed by atoms with Gasteiger partial charge in [0.15, 0.2) is 0 Å². The maximum absolute atomic E-state index is 12.5. The van der Waals surface area contributed by atoms with Crippen LogP contribution in [-0.2, 0) is 11.2 Å². The van der Waals surface area contributed by atoms with Gasteiger partial charge in [0.2, 0.25) is 5.91 Å². The molecule has 1 heterocycles. The zero-order valence-corrected chi connectivity index (χ0v) is 11.3. The van der Waals surface area contributed by atoms with Gasteiger partial charge in [-0.3, -0.25) is 4.79 Å². The summed E-state index contributed by atoms with van der Waals surface area (Å²) in [7, 11) is 0. The van der Waals surface area contributed by atoms with E-state index in [0.29, 0.717) is 0 Å². The molecule has 1 aromatic carbocycles. The Kier molecular flexibility index (Phi) is 4.37. The molecule has 1 saturated heterocycles. The Balaban J connectivity index is 2.30. The molecule has 1 aromatic rings. The number of carbonyl (C=O) groups excluding carboxylic acids is 1. The third-order valence-electron chi connectivity index (χ3n) is 3.54. The molecule has 3 nitrogen and oxygen atoms in total.